The van der Waals surface area contributed by atoms with E-state index in [4.69, 9.17) is 0 Å². The third-order valence-corrected chi connectivity index (χ3v) is 5.16. The lowest BCUT2D eigenvalue weighted by atomic mass is 9.95. The summed E-state index contributed by atoms with van der Waals surface area (Å²) in [6, 6.07) is 8.00. The average molecular weight is 359 g/mol. The molecule has 0 radical (unpaired) electrons. The van der Waals surface area contributed by atoms with Gasteiger partial charge in [-0.05, 0) is 31.7 Å². The summed E-state index contributed by atoms with van der Waals surface area (Å²) in [6.45, 7) is 6.59. The summed E-state index contributed by atoms with van der Waals surface area (Å²) in [5.74, 6) is -0.313. The number of likely N-dealkylation sites (N-methyl/N-ethyl adjacent to an activating group) is 1. The summed E-state index contributed by atoms with van der Waals surface area (Å²) < 4.78 is 0. The third-order valence-electron chi connectivity index (χ3n) is 5.16. The summed E-state index contributed by atoms with van der Waals surface area (Å²) in [5, 5.41) is 16.6. The Hall–Kier alpha value is -1.81. The van der Waals surface area contributed by atoms with Gasteiger partial charge in [0.1, 0.15) is 0 Å². The summed E-state index contributed by atoms with van der Waals surface area (Å²) in [5.41, 5.74) is 3.18. The summed E-state index contributed by atoms with van der Waals surface area (Å²) >= 11 is 0. The Morgan fingerprint density at radius 3 is 2.58 bits per heavy atom. The van der Waals surface area contributed by atoms with Gasteiger partial charge in [0.25, 0.3) is 5.91 Å². The molecule has 144 valence electrons. The fourth-order valence-corrected chi connectivity index (χ4v) is 3.67. The second-order valence-corrected chi connectivity index (χ2v) is 7.24. The first kappa shape index (κ1) is 20.5. The van der Waals surface area contributed by atoms with Crippen LogP contribution in [-0.2, 0) is 11.2 Å². The van der Waals surface area contributed by atoms with Crippen LogP contribution in [0.1, 0.15) is 69.4 Å². The minimum Gasteiger partial charge on any atom is -0.381 e. The van der Waals surface area contributed by atoms with Gasteiger partial charge in [-0.25, -0.2) is 0 Å². The minimum atomic E-state index is -1.06. The molecule has 1 aromatic carbocycles. The molecule has 1 aromatic rings. The fraction of sp³-hybridized carbons (Fsp3) is 0.591. The van der Waals surface area contributed by atoms with Crippen molar-refractivity contribution in [2.24, 2.45) is 0 Å². The van der Waals surface area contributed by atoms with Gasteiger partial charge in [-0.2, -0.15) is 0 Å². The first-order chi connectivity index (χ1) is 12.6. The predicted octanol–water partition coefficient (Wildman–Crippen LogP) is 3.79. The number of aliphatic hydroxyl groups excluding tert-OH is 1. The number of hydrogen-bond donors (Lipinski definition) is 3. The number of aryl methyl sites for hydroxylation is 1. The molecule has 2 rings (SSSR count). The average Bonchev–Trinajstić information content (AvgIpc) is 2.65. The zero-order chi connectivity index (χ0) is 18.8. The van der Waals surface area contributed by atoms with E-state index in [9.17, 15) is 9.90 Å². The lowest BCUT2D eigenvalue weighted by Gasteiger charge is -2.26. The smallest absolute Gasteiger partial charge is 0.250 e. The molecule has 26 heavy (non-hydrogen) atoms. The topological polar surface area (TPSA) is 61.4 Å². The Morgan fingerprint density at radius 1 is 1.19 bits per heavy atom. The monoisotopic (exact) mass is 358 g/mol. The van der Waals surface area contributed by atoms with Gasteiger partial charge in [0.2, 0.25) is 0 Å². The number of carbonyl (C=O) groups is 1. The highest BCUT2D eigenvalue weighted by Gasteiger charge is 2.26. The van der Waals surface area contributed by atoms with Crippen molar-refractivity contribution in [3.8, 4) is 0 Å². The Morgan fingerprint density at radius 2 is 1.85 bits per heavy atom. The molecule has 0 aromatic heterocycles. The number of hydrogen-bond acceptors (Lipinski definition) is 3. The zero-order valence-corrected chi connectivity index (χ0v) is 16.1. The molecule has 0 saturated carbocycles. The maximum atomic E-state index is 12.1. The Bertz CT molecular complexity index is 585. The number of fused-ring (bicyclic) bond motifs is 1. The minimum absolute atomic E-state index is 0.313. The first-order valence-electron chi connectivity index (χ1n) is 10.1. The van der Waals surface area contributed by atoms with Crippen LogP contribution in [0.5, 0.6) is 0 Å². The molecule has 1 aliphatic rings. The van der Waals surface area contributed by atoms with Crippen molar-refractivity contribution in [2.45, 2.75) is 76.9 Å². The van der Waals surface area contributed by atoms with Gasteiger partial charge in [-0.3, -0.25) is 4.79 Å². The number of aliphatic hydroxyl groups is 1. The molecule has 0 aliphatic carbocycles. The van der Waals surface area contributed by atoms with E-state index in [1.54, 1.807) is 0 Å². The van der Waals surface area contributed by atoms with Gasteiger partial charge < -0.3 is 15.7 Å². The Labute approximate surface area is 158 Å². The second kappa shape index (κ2) is 11.0. The van der Waals surface area contributed by atoms with Crippen LogP contribution in [0.15, 0.2) is 30.8 Å². The van der Waals surface area contributed by atoms with Crippen molar-refractivity contribution >= 4 is 11.6 Å². The van der Waals surface area contributed by atoms with E-state index in [0.717, 1.165) is 36.9 Å². The molecule has 4 heteroatoms. The van der Waals surface area contributed by atoms with Gasteiger partial charge >= 0.3 is 0 Å². The van der Waals surface area contributed by atoms with Gasteiger partial charge in [-0.1, -0.05) is 69.4 Å². The Balaban J connectivity index is 2.17. The maximum absolute atomic E-state index is 12.1. The van der Waals surface area contributed by atoms with Crippen molar-refractivity contribution < 1.29 is 9.90 Å². The van der Waals surface area contributed by atoms with Crippen molar-refractivity contribution in [3.63, 3.8) is 0 Å². The molecule has 2 atom stereocenters. The quantitative estimate of drug-likeness (QED) is 0.770. The highest BCUT2D eigenvalue weighted by atomic mass is 16.3. The molecular weight excluding hydrogens is 324 g/mol. The maximum Gasteiger partial charge on any atom is 0.250 e. The molecule has 0 spiro atoms. The molecule has 3 N–H and O–H groups in total. The second-order valence-electron chi connectivity index (χ2n) is 7.24. The van der Waals surface area contributed by atoms with Crippen LogP contribution >= 0.6 is 0 Å². The normalized spacial score (nSPS) is 21.0. The Kier molecular flexibility index (Phi) is 8.69. The van der Waals surface area contributed by atoms with Crippen LogP contribution in [0, 0.1) is 0 Å². The number of nitrogens with one attached hydrogen (secondary N) is 2. The number of carbonyl (C=O) groups excluding carboxylic acids is 1. The summed E-state index contributed by atoms with van der Waals surface area (Å²) in [4.78, 5) is 12.1. The largest absolute Gasteiger partial charge is 0.381 e. The van der Waals surface area contributed by atoms with Gasteiger partial charge in [0.15, 0.2) is 6.10 Å². The highest BCUT2D eigenvalue weighted by molar-refractivity contribution is 5.81. The SMILES string of the molecule is C=C1N[C@H](C(O)C(=O)NCC)CCCCCCCCCc2ccccc21. The number of amides is 1. The van der Waals surface area contributed by atoms with E-state index in [2.05, 4.69) is 35.4 Å². The van der Waals surface area contributed by atoms with Crippen molar-refractivity contribution in [1.82, 2.24) is 10.6 Å². The van der Waals surface area contributed by atoms with E-state index in [1.165, 1.54) is 37.7 Å². The molecule has 0 saturated heterocycles. The van der Waals surface area contributed by atoms with E-state index < -0.39 is 6.10 Å². The van der Waals surface area contributed by atoms with Crippen LogP contribution in [0.25, 0.3) is 5.70 Å². The molecule has 1 unspecified atom stereocenters. The molecule has 0 bridgehead atoms. The van der Waals surface area contributed by atoms with Crippen LogP contribution in [0.3, 0.4) is 0 Å². The standard InChI is InChI=1S/C22H34N2O2/c1-3-23-22(26)21(25)20-16-10-8-6-4-5-7-9-13-18-14-11-12-15-19(18)17(2)24-20/h11-12,14-15,20-21,24-25H,2-10,13,16H2,1H3,(H,23,26)/t20-,21?/m0/s1. The molecule has 4 nitrogen and oxygen atoms in total. The van der Waals surface area contributed by atoms with E-state index >= 15 is 0 Å². The molecule has 0 fully saturated rings. The van der Waals surface area contributed by atoms with Gasteiger partial charge in [-0.15, -0.1) is 0 Å². The highest BCUT2D eigenvalue weighted by Crippen LogP contribution is 2.22. The molecule has 1 amide bonds. The van der Waals surface area contributed by atoms with Crippen molar-refractivity contribution in [1.29, 1.82) is 0 Å². The van der Waals surface area contributed by atoms with Crippen LogP contribution in [0.2, 0.25) is 0 Å². The number of benzene rings is 1. The van der Waals surface area contributed by atoms with Gasteiger partial charge in [0, 0.05) is 17.8 Å². The van der Waals surface area contributed by atoms with E-state index in [1.807, 2.05) is 13.0 Å². The van der Waals surface area contributed by atoms with E-state index in [0.29, 0.717) is 6.54 Å². The fourth-order valence-electron chi connectivity index (χ4n) is 3.67. The van der Waals surface area contributed by atoms with Crippen molar-refractivity contribution in [3.05, 3.63) is 42.0 Å². The zero-order valence-electron chi connectivity index (χ0n) is 16.1. The van der Waals surface area contributed by atoms with E-state index in [-0.39, 0.29) is 11.9 Å². The molecule has 1 aliphatic heterocycles. The van der Waals surface area contributed by atoms with Crippen LogP contribution in [-0.4, -0.2) is 29.7 Å². The van der Waals surface area contributed by atoms with Gasteiger partial charge in [0.05, 0.1) is 6.04 Å². The lowest BCUT2D eigenvalue weighted by Crippen LogP contribution is -2.48. The molecule has 1 heterocycles. The summed E-state index contributed by atoms with van der Waals surface area (Å²) in [7, 11) is 0. The number of rotatable bonds is 3. The summed E-state index contributed by atoms with van der Waals surface area (Å²) in [6.07, 6.45) is 9.12. The van der Waals surface area contributed by atoms with Crippen molar-refractivity contribution in [2.75, 3.05) is 6.54 Å². The van der Waals surface area contributed by atoms with Crippen LogP contribution in [0.4, 0.5) is 0 Å². The van der Waals surface area contributed by atoms with Crippen LogP contribution < -0.4 is 10.6 Å². The third kappa shape index (κ3) is 6.17. The predicted molar refractivity (Wildman–Crippen MR) is 108 cm³/mol. The lowest BCUT2D eigenvalue weighted by molar-refractivity contribution is -0.130. The molecular formula is C22H34N2O2. The first-order valence-corrected chi connectivity index (χ1v) is 10.1.